The molecule has 0 atom stereocenters. The number of carbonyl (C=O) groups excluding carboxylic acids is 2. The molecule has 0 spiro atoms. The minimum Gasteiger partial charge on any atom is -0.396 e. The van der Waals surface area contributed by atoms with Crippen molar-refractivity contribution >= 4 is 17.3 Å². The fourth-order valence-electron chi connectivity index (χ4n) is 2.14. The third-order valence-corrected chi connectivity index (χ3v) is 3.08. The first-order chi connectivity index (χ1) is 8.66. The van der Waals surface area contributed by atoms with Crippen LogP contribution < -0.4 is 0 Å². The van der Waals surface area contributed by atoms with E-state index in [2.05, 4.69) is 4.99 Å². The number of carbonyl (C=O) groups is 2. The molecule has 0 aromatic heterocycles. The minimum atomic E-state index is -0.763. The van der Waals surface area contributed by atoms with E-state index in [1.54, 1.807) is 31.2 Å². The molecule has 94 valence electrons. The number of nitrogens with zero attached hydrogens (tertiary/aromatic N) is 1. The summed E-state index contributed by atoms with van der Waals surface area (Å²) < 4.78 is 0. The predicted octanol–water partition coefficient (Wildman–Crippen LogP) is 1.53. The van der Waals surface area contributed by atoms with E-state index in [9.17, 15) is 9.59 Å². The highest BCUT2D eigenvalue weighted by Crippen LogP contribution is 2.27. The molecular formula is C14H15NO3. The SMILES string of the molecule is CC(=NCCCO)C1C(=O)c2ccccc2C1=O. The number of fused-ring (bicyclic) bond motifs is 1. The molecule has 2 rings (SSSR count). The molecule has 4 heteroatoms. The molecule has 0 aliphatic heterocycles. The molecule has 0 saturated carbocycles. The molecular weight excluding hydrogens is 230 g/mol. The van der Waals surface area contributed by atoms with Crippen LogP contribution >= 0.6 is 0 Å². The molecule has 18 heavy (non-hydrogen) atoms. The first kappa shape index (κ1) is 12.6. The van der Waals surface area contributed by atoms with Gasteiger partial charge < -0.3 is 5.11 Å². The van der Waals surface area contributed by atoms with Gasteiger partial charge in [-0.15, -0.1) is 0 Å². The molecule has 0 unspecified atom stereocenters. The molecule has 1 aromatic carbocycles. The van der Waals surface area contributed by atoms with Crippen molar-refractivity contribution in [3.05, 3.63) is 35.4 Å². The predicted molar refractivity (Wildman–Crippen MR) is 68.3 cm³/mol. The fraction of sp³-hybridized carbons (Fsp3) is 0.357. The van der Waals surface area contributed by atoms with Crippen molar-refractivity contribution in [3.63, 3.8) is 0 Å². The maximum Gasteiger partial charge on any atom is 0.180 e. The molecule has 4 nitrogen and oxygen atoms in total. The van der Waals surface area contributed by atoms with Crippen molar-refractivity contribution in [3.8, 4) is 0 Å². The monoisotopic (exact) mass is 245 g/mol. The number of aliphatic imine (C=N–C) groups is 1. The van der Waals surface area contributed by atoms with Crippen molar-refractivity contribution < 1.29 is 14.7 Å². The number of ketones is 2. The highest BCUT2D eigenvalue weighted by molar-refractivity contribution is 6.36. The van der Waals surface area contributed by atoms with Gasteiger partial charge in [-0.05, 0) is 13.3 Å². The number of hydrogen-bond acceptors (Lipinski definition) is 4. The van der Waals surface area contributed by atoms with Gasteiger partial charge in [0.15, 0.2) is 11.6 Å². The van der Waals surface area contributed by atoms with Gasteiger partial charge in [0.25, 0.3) is 0 Å². The number of Topliss-reactive ketones (excluding diaryl/α,β-unsaturated/α-hetero) is 2. The lowest BCUT2D eigenvalue weighted by molar-refractivity contribution is 0.0883. The summed E-state index contributed by atoms with van der Waals surface area (Å²) in [4.78, 5) is 28.5. The smallest absolute Gasteiger partial charge is 0.180 e. The van der Waals surface area contributed by atoms with Crippen molar-refractivity contribution in [2.45, 2.75) is 13.3 Å². The molecule has 0 heterocycles. The minimum absolute atomic E-state index is 0.0591. The maximum absolute atomic E-state index is 12.1. The maximum atomic E-state index is 12.1. The van der Waals surface area contributed by atoms with Crippen molar-refractivity contribution in [1.29, 1.82) is 0 Å². The molecule has 0 bridgehead atoms. The summed E-state index contributed by atoms with van der Waals surface area (Å²) in [7, 11) is 0. The summed E-state index contributed by atoms with van der Waals surface area (Å²) >= 11 is 0. The van der Waals surface area contributed by atoms with Crippen LogP contribution in [0.15, 0.2) is 29.3 Å². The van der Waals surface area contributed by atoms with Crippen LogP contribution in [0.4, 0.5) is 0 Å². The average Bonchev–Trinajstić information content (AvgIpc) is 2.63. The second-order valence-electron chi connectivity index (χ2n) is 4.31. The normalized spacial score (nSPS) is 16.2. The van der Waals surface area contributed by atoms with Gasteiger partial charge in [0.05, 0.1) is 0 Å². The molecule has 1 aromatic rings. The van der Waals surface area contributed by atoms with Crippen LogP contribution in [0.5, 0.6) is 0 Å². The van der Waals surface area contributed by atoms with Gasteiger partial charge in [-0.3, -0.25) is 14.6 Å². The Bertz CT molecular complexity index is 485. The molecule has 0 saturated heterocycles. The second kappa shape index (κ2) is 5.23. The van der Waals surface area contributed by atoms with Crippen LogP contribution in [0.2, 0.25) is 0 Å². The van der Waals surface area contributed by atoms with Gasteiger partial charge in [-0.1, -0.05) is 24.3 Å². The lowest BCUT2D eigenvalue weighted by atomic mass is 9.99. The number of rotatable bonds is 4. The van der Waals surface area contributed by atoms with Crippen LogP contribution in [0.3, 0.4) is 0 Å². The largest absolute Gasteiger partial charge is 0.396 e. The molecule has 0 fully saturated rings. The van der Waals surface area contributed by atoms with E-state index in [0.29, 0.717) is 29.8 Å². The van der Waals surface area contributed by atoms with Gasteiger partial charge in [0, 0.05) is 30.0 Å². The Morgan fingerprint density at radius 1 is 1.22 bits per heavy atom. The van der Waals surface area contributed by atoms with Crippen LogP contribution in [0, 0.1) is 5.92 Å². The fourth-order valence-corrected chi connectivity index (χ4v) is 2.14. The van der Waals surface area contributed by atoms with Crippen molar-refractivity contribution in [2.24, 2.45) is 10.9 Å². The molecule has 1 N–H and O–H groups in total. The Labute approximate surface area is 105 Å². The Kier molecular flexibility index (Phi) is 3.67. The zero-order valence-electron chi connectivity index (χ0n) is 10.2. The average molecular weight is 245 g/mol. The van der Waals surface area contributed by atoms with Gasteiger partial charge in [0.1, 0.15) is 5.92 Å². The summed E-state index contributed by atoms with van der Waals surface area (Å²) in [6.45, 7) is 2.20. The van der Waals surface area contributed by atoms with E-state index in [1.807, 2.05) is 0 Å². The molecule has 1 aliphatic carbocycles. The lowest BCUT2D eigenvalue weighted by Gasteiger charge is -2.06. The summed E-state index contributed by atoms with van der Waals surface area (Å²) in [5.74, 6) is -1.09. The van der Waals surface area contributed by atoms with Crippen molar-refractivity contribution in [1.82, 2.24) is 0 Å². The standard InChI is InChI=1S/C14H15NO3/c1-9(15-7-4-8-16)12-13(17)10-5-2-3-6-11(10)14(12)18/h2-3,5-6,12,16H,4,7-8H2,1H3. The number of aliphatic hydroxyl groups excluding tert-OH is 1. The lowest BCUT2D eigenvalue weighted by Crippen LogP contribution is -2.23. The van der Waals surface area contributed by atoms with E-state index in [-0.39, 0.29) is 18.2 Å². The Morgan fingerprint density at radius 3 is 2.28 bits per heavy atom. The van der Waals surface area contributed by atoms with Gasteiger partial charge >= 0.3 is 0 Å². The van der Waals surface area contributed by atoms with Crippen LogP contribution in [0.1, 0.15) is 34.1 Å². The molecule has 0 amide bonds. The second-order valence-corrected chi connectivity index (χ2v) is 4.31. The molecule has 0 radical (unpaired) electrons. The van der Waals surface area contributed by atoms with Crippen LogP contribution in [-0.4, -0.2) is 35.5 Å². The van der Waals surface area contributed by atoms with E-state index in [0.717, 1.165) is 0 Å². The summed E-state index contributed by atoms with van der Waals surface area (Å²) in [5, 5.41) is 8.69. The third kappa shape index (κ3) is 2.11. The first-order valence-electron chi connectivity index (χ1n) is 5.96. The Hall–Kier alpha value is -1.81. The summed E-state index contributed by atoms with van der Waals surface area (Å²) in [5.41, 5.74) is 1.52. The van der Waals surface area contributed by atoms with E-state index in [4.69, 9.17) is 5.11 Å². The number of benzene rings is 1. The van der Waals surface area contributed by atoms with Crippen LogP contribution in [-0.2, 0) is 0 Å². The zero-order chi connectivity index (χ0) is 13.1. The number of hydrogen-bond donors (Lipinski definition) is 1. The van der Waals surface area contributed by atoms with E-state index in [1.165, 1.54) is 0 Å². The molecule has 1 aliphatic rings. The van der Waals surface area contributed by atoms with Gasteiger partial charge in [0.2, 0.25) is 0 Å². The topological polar surface area (TPSA) is 66.7 Å². The quantitative estimate of drug-likeness (QED) is 0.497. The number of aliphatic hydroxyl groups is 1. The van der Waals surface area contributed by atoms with Gasteiger partial charge in [-0.2, -0.15) is 0 Å². The first-order valence-corrected chi connectivity index (χ1v) is 5.96. The zero-order valence-corrected chi connectivity index (χ0v) is 10.2. The summed E-state index contributed by atoms with van der Waals surface area (Å²) in [6.07, 6.45) is 0.541. The van der Waals surface area contributed by atoms with E-state index >= 15 is 0 Å². The van der Waals surface area contributed by atoms with Crippen molar-refractivity contribution in [2.75, 3.05) is 13.2 Å². The highest BCUT2D eigenvalue weighted by Gasteiger charge is 2.39. The van der Waals surface area contributed by atoms with E-state index < -0.39 is 5.92 Å². The highest BCUT2D eigenvalue weighted by atomic mass is 16.3. The van der Waals surface area contributed by atoms with Crippen LogP contribution in [0.25, 0.3) is 0 Å². The summed E-state index contributed by atoms with van der Waals surface area (Å²) in [6, 6.07) is 6.86. The van der Waals surface area contributed by atoms with Gasteiger partial charge in [-0.25, -0.2) is 0 Å². The third-order valence-electron chi connectivity index (χ3n) is 3.08. The Morgan fingerprint density at radius 2 is 1.78 bits per heavy atom. The Balaban J connectivity index is 2.26.